The molecular weight excluding hydrogens is 192 g/mol. The highest BCUT2D eigenvalue weighted by Crippen LogP contribution is 2.41. The lowest BCUT2D eigenvalue weighted by Gasteiger charge is -2.25. The molecule has 1 saturated carbocycles. The van der Waals surface area contributed by atoms with Crippen molar-refractivity contribution in [1.29, 1.82) is 0 Å². The van der Waals surface area contributed by atoms with Crippen LogP contribution in [0.2, 0.25) is 0 Å². The predicted molar refractivity (Wildman–Crippen MR) is 55.2 cm³/mol. The molecule has 1 rings (SSSR count). The van der Waals surface area contributed by atoms with Gasteiger partial charge in [-0.15, -0.1) is 11.6 Å². The summed E-state index contributed by atoms with van der Waals surface area (Å²) in [5, 5.41) is 0. The molecule has 0 amide bonds. The third kappa shape index (κ3) is 2.74. The molecule has 3 heteroatoms. The van der Waals surface area contributed by atoms with Gasteiger partial charge in [-0.25, -0.2) is 0 Å². The molecule has 0 spiro atoms. The van der Waals surface area contributed by atoms with Gasteiger partial charge < -0.3 is 0 Å². The molecule has 0 heterocycles. The third-order valence-corrected chi connectivity index (χ3v) is 4.21. The lowest BCUT2D eigenvalue weighted by molar-refractivity contribution is 0.332. The van der Waals surface area contributed by atoms with E-state index in [4.69, 9.17) is 11.6 Å². The van der Waals surface area contributed by atoms with Gasteiger partial charge >= 0.3 is 0 Å². The van der Waals surface area contributed by atoms with E-state index < -0.39 is 10.8 Å². The van der Waals surface area contributed by atoms with Crippen LogP contribution in [0.15, 0.2) is 0 Å². The van der Waals surface area contributed by atoms with Crippen LogP contribution in [-0.2, 0) is 10.8 Å². The fourth-order valence-electron chi connectivity index (χ4n) is 1.94. The lowest BCUT2D eigenvalue weighted by Crippen LogP contribution is -2.21. The Morgan fingerprint density at radius 3 is 2.42 bits per heavy atom. The maximum atomic E-state index is 10.9. The van der Waals surface area contributed by atoms with Crippen molar-refractivity contribution in [2.24, 2.45) is 5.41 Å². The van der Waals surface area contributed by atoms with E-state index in [-0.39, 0.29) is 0 Å². The van der Waals surface area contributed by atoms with E-state index >= 15 is 0 Å². The minimum absolute atomic E-state index is 0.341. The first-order valence-corrected chi connectivity index (χ1v) is 6.81. The van der Waals surface area contributed by atoms with E-state index in [1.54, 1.807) is 6.26 Å². The first-order chi connectivity index (χ1) is 5.68. The standard InChI is InChI=1S/C9H17ClOS/c1-12(11)7-6-9(8-10)4-2-3-5-9/h2-8H2,1H3. The van der Waals surface area contributed by atoms with Crippen molar-refractivity contribution in [3.8, 4) is 0 Å². The van der Waals surface area contributed by atoms with Gasteiger partial charge in [-0.1, -0.05) is 12.8 Å². The van der Waals surface area contributed by atoms with Gasteiger partial charge in [0.1, 0.15) is 0 Å². The van der Waals surface area contributed by atoms with E-state index in [0.29, 0.717) is 5.41 Å². The van der Waals surface area contributed by atoms with Crippen LogP contribution in [0.5, 0.6) is 0 Å². The average molecular weight is 209 g/mol. The summed E-state index contributed by atoms with van der Waals surface area (Å²) in [6.45, 7) is 0. The van der Waals surface area contributed by atoms with E-state index in [0.717, 1.165) is 18.1 Å². The molecule has 12 heavy (non-hydrogen) atoms. The maximum absolute atomic E-state index is 10.9. The second kappa shape index (κ2) is 4.61. The molecule has 0 aromatic rings. The van der Waals surface area contributed by atoms with Crippen molar-refractivity contribution in [3.05, 3.63) is 0 Å². The van der Waals surface area contributed by atoms with Crippen LogP contribution in [0.25, 0.3) is 0 Å². The summed E-state index contributed by atoms with van der Waals surface area (Å²) in [5.41, 5.74) is 0.341. The molecule has 1 aliphatic rings. The second-order valence-electron chi connectivity index (χ2n) is 3.87. The van der Waals surface area contributed by atoms with Gasteiger partial charge in [0.15, 0.2) is 0 Å². The Kier molecular flexibility index (Phi) is 4.04. The van der Waals surface area contributed by atoms with Gasteiger partial charge in [0.05, 0.1) is 0 Å². The zero-order valence-electron chi connectivity index (χ0n) is 7.64. The van der Waals surface area contributed by atoms with Crippen molar-refractivity contribution < 1.29 is 4.21 Å². The number of alkyl halides is 1. The Labute approximate surface area is 82.3 Å². The minimum atomic E-state index is -0.648. The van der Waals surface area contributed by atoms with Crippen molar-refractivity contribution in [2.75, 3.05) is 17.9 Å². The van der Waals surface area contributed by atoms with Crippen LogP contribution in [0, 0.1) is 5.41 Å². The normalized spacial score (nSPS) is 24.2. The maximum Gasteiger partial charge on any atom is 0.0280 e. The highest BCUT2D eigenvalue weighted by atomic mass is 35.5. The molecule has 0 radical (unpaired) electrons. The van der Waals surface area contributed by atoms with E-state index in [1.165, 1.54) is 25.7 Å². The van der Waals surface area contributed by atoms with E-state index in [1.807, 2.05) is 0 Å². The van der Waals surface area contributed by atoms with Crippen molar-refractivity contribution in [3.63, 3.8) is 0 Å². The Bertz CT molecular complexity index is 164. The number of halogens is 1. The molecule has 1 unspecified atom stereocenters. The molecular formula is C9H17ClOS. The summed E-state index contributed by atoms with van der Waals surface area (Å²) in [6.07, 6.45) is 7.93. The second-order valence-corrected chi connectivity index (χ2v) is 5.69. The number of hydrogen-bond donors (Lipinski definition) is 0. The molecule has 1 aliphatic carbocycles. The van der Waals surface area contributed by atoms with Crippen LogP contribution in [-0.4, -0.2) is 22.1 Å². The summed E-state index contributed by atoms with van der Waals surface area (Å²) in [7, 11) is -0.648. The highest BCUT2D eigenvalue weighted by molar-refractivity contribution is 7.84. The summed E-state index contributed by atoms with van der Waals surface area (Å²) < 4.78 is 10.9. The summed E-state index contributed by atoms with van der Waals surface area (Å²) >= 11 is 5.95. The fraction of sp³-hybridized carbons (Fsp3) is 1.00. The molecule has 0 bridgehead atoms. The quantitative estimate of drug-likeness (QED) is 0.650. The molecule has 0 aliphatic heterocycles. The van der Waals surface area contributed by atoms with Gasteiger partial charge in [0, 0.05) is 28.7 Å². The van der Waals surface area contributed by atoms with Crippen molar-refractivity contribution in [1.82, 2.24) is 0 Å². The van der Waals surface area contributed by atoms with Crippen LogP contribution in [0.1, 0.15) is 32.1 Å². The highest BCUT2D eigenvalue weighted by Gasteiger charge is 2.32. The predicted octanol–water partition coefficient (Wildman–Crippen LogP) is 2.55. The van der Waals surface area contributed by atoms with Crippen LogP contribution >= 0.6 is 11.6 Å². The average Bonchev–Trinajstić information content (AvgIpc) is 2.50. The third-order valence-electron chi connectivity index (χ3n) is 2.87. The van der Waals surface area contributed by atoms with Gasteiger partial charge in [-0.05, 0) is 24.7 Å². The molecule has 0 aromatic heterocycles. The van der Waals surface area contributed by atoms with Gasteiger partial charge in [-0.3, -0.25) is 4.21 Å². The fourth-order valence-corrected chi connectivity index (χ4v) is 3.06. The topological polar surface area (TPSA) is 17.1 Å². The first-order valence-electron chi connectivity index (χ1n) is 4.55. The summed E-state index contributed by atoms with van der Waals surface area (Å²) in [6, 6.07) is 0. The van der Waals surface area contributed by atoms with Crippen LogP contribution in [0.4, 0.5) is 0 Å². The zero-order valence-corrected chi connectivity index (χ0v) is 9.22. The molecule has 1 fully saturated rings. The molecule has 1 atom stereocenters. The number of rotatable bonds is 4. The van der Waals surface area contributed by atoms with Crippen molar-refractivity contribution >= 4 is 22.4 Å². The SMILES string of the molecule is CS(=O)CCC1(CCl)CCCC1. The van der Waals surface area contributed by atoms with Crippen LogP contribution < -0.4 is 0 Å². The first kappa shape index (κ1) is 10.5. The Morgan fingerprint density at radius 2 is 2.00 bits per heavy atom. The van der Waals surface area contributed by atoms with Gasteiger partial charge in [0.2, 0.25) is 0 Å². The Balaban J connectivity index is 2.39. The van der Waals surface area contributed by atoms with Crippen LogP contribution in [0.3, 0.4) is 0 Å². The molecule has 0 saturated heterocycles. The monoisotopic (exact) mass is 208 g/mol. The Hall–Kier alpha value is 0.440. The van der Waals surface area contributed by atoms with Crippen molar-refractivity contribution in [2.45, 2.75) is 32.1 Å². The molecule has 0 N–H and O–H groups in total. The largest absolute Gasteiger partial charge is 0.260 e. The molecule has 72 valence electrons. The Morgan fingerprint density at radius 1 is 1.42 bits per heavy atom. The smallest absolute Gasteiger partial charge is 0.0280 e. The van der Waals surface area contributed by atoms with E-state index in [2.05, 4.69) is 0 Å². The summed E-state index contributed by atoms with van der Waals surface area (Å²) in [4.78, 5) is 0. The lowest BCUT2D eigenvalue weighted by atomic mass is 9.86. The zero-order chi connectivity index (χ0) is 9.03. The molecule has 1 nitrogen and oxygen atoms in total. The minimum Gasteiger partial charge on any atom is -0.260 e. The number of hydrogen-bond acceptors (Lipinski definition) is 1. The molecule has 0 aromatic carbocycles. The van der Waals surface area contributed by atoms with Gasteiger partial charge in [0.25, 0.3) is 0 Å². The van der Waals surface area contributed by atoms with E-state index in [9.17, 15) is 4.21 Å². The van der Waals surface area contributed by atoms with Gasteiger partial charge in [-0.2, -0.15) is 0 Å². The summed E-state index contributed by atoms with van der Waals surface area (Å²) in [5.74, 6) is 1.58.